The second-order valence-corrected chi connectivity index (χ2v) is 9.18. The summed E-state index contributed by atoms with van der Waals surface area (Å²) in [5.41, 5.74) is 2.36. The molecule has 1 unspecified atom stereocenters. The smallest absolute Gasteiger partial charge is 0.127 e. The number of ether oxygens (including phenoxy) is 1. The van der Waals surface area contributed by atoms with Gasteiger partial charge >= 0.3 is 0 Å². The lowest BCUT2D eigenvalue weighted by atomic mass is 9.99. The predicted molar refractivity (Wildman–Crippen MR) is 125 cm³/mol. The Morgan fingerprint density at radius 1 is 1.13 bits per heavy atom. The van der Waals surface area contributed by atoms with Crippen LogP contribution in [0.3, 0.4) is 0 Å². The van der Waals surface area contributed by atoms with E-state index in [0.717, 1.165) is 53.8 Å². The van der Waals surface area contributed by atoms with E-state index < -0.39 is 6.10 Å². The number of nitrogens with zero attached hydrogens (tertiary/aromatic N) is 4. The highest BCUT2D eigenvalue weighted by Crippen LogP contribution is 2.34. The molecule has 0 saturated carbocycles. The summed E-state index contributed by atoms with van der Waals surface area (Å²) in [6.07, 6.45) is 3.46. The molecule has 3 aromatic rings. The number of aliphatic hydroxyl groups excluding tert-OH is 1. The lowest BCUT2D eigenvalue weighted by molar-refractivity contribution is 0.00408. The summed E-state index contributed by atoms with van der Waals surface area (Å²) in [6, 6.07) is 12.4. The van der Waals surface area contributed by atoms with Crippen LogP contribution in [-0.4, -0.2) is 76.2 Å². The molecule has 6 nitrogen and oxygen atoms in total. The van der Waals surface area contributed by atoms with Gasteiger partial charge in [-0.2, -0.15) is 5.10 Å². The molecular formula is C25H34N4O2. The first-order valence-electron chi connectivity index (χ1n) is 11.2. The van der Waals surface area contributed by atoms with Gasteiger partial charge in [0.05, 0.1) is 6.20 Å². The van der Waals surface area contributed by atoms with Crippen LogP contribution in [0.2, 0.25) is 0 Å². The topological polar surface area (TPSA) is 53.8 Å². The Bertz CT molecular complexity index is 1030. The van der Waals surface area contributed by atoms with Crippen LogP contribution in [0.25, 0.3) is 21.9 Å². The molecule has 6 heteroatoms. The Kier molecular flexibility index (Phi) is 6.32. The standard InChI is InChI=1S/C25H34N4O2/c1-5-29-15-19(14-26-29)21-10-11-24(23-9-7-6-8-22(21)23)31-17-20(30)16-28-13-12-27(4)25(2,3)18-28/h6-11,14-15,20,30H,5,12-13,16-18H2,1-4H3. The summed E-state index contributed by atoms with van der Waals surface area (Å²) in [7, 11) is 2.17. The van der Waals surface area contributed by atoms with Gasteiger partial charge in [-0.15, -0.1) is 0 Å². The van der Waals surface area contributed by atoms with Gasteiger partial charge in [0.1, 0.15) is 18.5 Å². The fourth-order valence-corrected chi connectivity index (χ4v) is 4.36. The van der Waals surface area contributed by atoms with E-state index in [1.54, 1.807) is 0 Å². The molecule has 1 aliphatic heterocycles. The number of likely N-dealkylation sites (N-methyl/N-ethyl adjacent to an activating group) is 1. The Morgan fingerprint density at radius 3 is 2.61 bits per heavy atom. The molecule has 2 heterocycles. The number of rotatable bonds is 7. The van der Waals surface area contributed by atoms with Gasteiger partial charge < -0.3 is 9.84 Å². The molecule has 1 aromatic heterocycles. The van der Waals surface area contributed by atoms with E-state index in [1.165, 1.54) is 0 Å². The molecule has 2 aromatic carbocycles. The average molecular weight is 423 g/mol. The van der Waals surface area contributed by atoms with E-state index >= 15 is 0 Å². The molecule has 0 spiro atoms. The van der Waals surface area contributed by atoms with Crippen LogP contribution >= 0.6 is 0 Å². The maximum absolute atomic E-state index is 10.6. The number of hydrogen-bond donors (Lipinski definition) is 1. The summed E-state index contributed by atoms with van der Waals surface area (Å²) in [5.74, 6) is 0.806. The van der Waals surface area contributed by atoms with Gasteiger partial charge in [0.15, 0.2) is 0 Å². The second-order valence-electron chi connectivity index (χ2n) is 9.18. The van der Waals surface area contributed by atoms with Crippen molar-refractivity contribution in [1.29, 1.82) is 0 Å². The van der Waals surface area contributed by atoms with Crippen molar-refractivity contribution in [3.05, 3.63) is 48.8 Å². The van der Waals surface area contributed by atoms with Gasteiger partial charge in [-0.05, 0) is 50.9 Å². The van der Waals surface area contributed by atoms with Crippen LogP contribution in [-0.2, 0) is 6.54 Å². The summed E-state index contributed by atoms with van der Waals surface area (Å²) in [4.78, 5) is 4.71. The molecule has 1 saturated heterocycles. The summed E-state index contributed by atoms with van der Waals surface area (Å²) < 4.78 is 8.04. The first-order chi connectivity index (χ1) is 14.9. The van der Waals surface area contributed by atoms with Crippen molar-refractivity contribution >= 4 is 10.8 Å². The number of aromatic nitrogens is 2. The van der Waals surface area contributed by atoms with Crippen LogP contribution < -0.4 is 4.74 Å². The predicted octanol–water partition coefficient (Wildman–Crippen LogP) is 3.49. The molecule has 1 aliphatic rings. The SMILES string of the molecule is CCn1cc(-c2ccc(OCC(O)CN3CCN(C)C(C)(C)C3)c3ccccc23)cn1. The molecule has 4 rings (SSSR count). The van der Waals surface area contributed by atoms with Crippen molar-refractivity contribution in [2.75, 3.05) is 39.8 Å². The molecule has 166 valence electrons. The molecule has 0 radical (unpaired) electrons. The number of β-amino-alcohol motifs (C(OH)–C–C–N with tert-alkyl or cyclic N) is 1. The van der Waals surface area contributed by atoms with Gasteiger partial charge in [-0.25, -0.2) is 0 Å². The molecule has 1 fully saturated rings. The second kappa shape index (κ2) is 8.99. The van der Waals surface area contributed by atoms with E-state index in [1.807, 2.05) is 29.1 Å². The monoisotopic (exact) mass is 422 g/mol. The molecule has 31 heavy (non-hydrogen) atoms. The third-order valence-corrected chi connectivity index (χ3v) is 6.45. The average Bonchev–Trinajstić information content (AvgIpc) is 3.23. The molecule has 1 N–H and O–H groups in total. The minimum Gasteiger partial charge on any atom is -0.490 e. The Hall–Kier alpha value is -2.41. The van der Waals surface area contributed by atoms with Gasteiger partial charge in [0.25, 0.3) is 0 Å². The Labute approximate surface area is 185 Å². The highest BCUT2D eigenvalue weighted by atomic mass is 16.5. The highest BCUT2D eigenvalue weighted by molar-refractivity contribution is 5.99. The quantitative estimate of drug-likeness (QED) is 0.632. The number of hydrogen-bond acceptors (Lipinski definition) is 5. The molecule has 0 bridgehead atoms. The maximum Gasteiger partial charge on any atom is 0.127 e. The third-order valence-electron chi connectivity index (χ3n) is 6.45. The van der Waals surface area contributed by atoms with Crippen LogP contribution in [0.4, 0.5) is 0 Å². The van der Waals surface area contributed by atoms with Crippen molar-refractivity contribution in [3.63, 3.8) is 0 Å². The van der Waals surface area contributed by atoms with Gasteiger partial charge in [0.2, 0.25) is 0 Å². The van der Waals surface area contributed by atoms with Gasteiger partial charge in [-0.1, -0.05) is 24.3 Å². The first kappa shape index (κ1) is 21.8. The fourth-order valence-electron chi connectivity index (χ4n) is 4.36. The molecular weight excluding hydrogens is 388 g/mol. The van der Waals surface area contributed by atoms with Crippen LogP contribution in [0.1, 0.15) is 20.8 Å². The van der Waals surface area contributed by atoms with Gasteiger partial charge in [-0.3, -0.25) is 14.5 Å². The van der Waals surface area contributed by atoms with E-state index in [4.69, 9.17) is 4.74 Å². The fraction of sp³-hybridized carbons (Fsp3) is 0.480. The van der Waals surface area contributed by atoms with Crippen molar-refractivity contribution < 1.29 is 9.84 Å². The lowest BCUT2D eigenvalue weighted by Gasteiger charge is -2.45. The highest BCUT2D eigenvalue weighted by Gasteiger charge is 2.31. The number of fused-ring (bicyclic) bond motifs is 1. The Balaban J connectivity index is 1.46. The van der Waals surface area contributed by atoms with Crippen LogP contribution in [0.15, 0.2) is 48.8 Å². The van der Waals surface area contributed by atoms with E-state index in [9.17, 15) is 5.11 Å². The summed E-state index contributed by atoms with van der Waals surface area (Å²) in [5, 5.41) is 17.2. The van der Waals surface area contributed by atoms with Crippen molar-refractivity contribution in [1.82, 2.24) is 19.6 Å². The number of piperazine rings is 1. The summed E-state index contributed by atoms with van der Waals surface area (Å²) >= 11 is 0. The first-order valence-corrected chi connectivity index (χ1v) is 11.2. The normalized spacial score (nSPS) is 18.4. The molecule has 1 atom stereocenters. The number of aryl methyl sites for hydroxylation is 1. The molecule has 0 aliphatic carbocycles. The van der Waals surface area contributed by atoms with Crippen molar-refractivity contribution in [2.24, 2.45) is 0 Å². The largest absolute Gasteiger partial charge is 0.490 e. The van der Waals surface area contributed by atoms with Crippen molar-refractivity contribution in [2.45, 2.75) is 39.0 Å². The zero-order chi connectivity index (χ0) is 22.0. The zero-order valence-electron chi connectivity index (χ0n) is 19.1. The minimum absolute atomic E-state index is 0.121. The van der Waals surface area contributed by atoms with E-state index in [-0.39, 0.29) is 12.1 Å². The number of benzene rings is 2. The van der Waals surface area contributed by atoms with Crippen LogP contribution in [0.5, 0.6) is 5.75 Å². The van der Waals surface area contributed by atoms with Crippen molar-refractivity contribution in [3.8, 4) is 16.9 Å². The van der Waals surface area contributed by atoms with Crippen LogP contribution in [0, 0.1) is 0 Å². The number of aliphatic hydroxyl groups is 1. The third kappa shape index (κ3) is 4.76. The van der Waals surface area contributed by atoms with E-state index in [0.29, 0.717) is 6.54 Å². The van der Waals surface area contributed by atoms with E-state index in [2.05, 4.69) is 67.1 Å². The Morgan fingerprint density at radius 2 is 1.90 bits per heavy atom. The summed E-state index contributed by atoms with van der Waals surface area (Å²) in [6.45, 7) is 11.3. The molecule has 0 amide bonds. The lowest BCUT2D eigenvalue weighted by Crippen LogP contribution is -2.58. The zero-order valence-corrected chi connectivity index (χ0v) is 19.1. The van der Waals surface area contributed by atoms with Gasteiger partial charge in [0, 0.05) is 55.4 Å². The maximum atomic E-state index is 10.6. The minimum atomic E-state index is -0.527.